The van der Waals surface area contributed by atoms with Crippen molar-refractivity contribution >= 4 is 39.5 Å². The minimum Gasteiger partial charge on any atom is -0.496 e. The number of amides is 1. The fourth-order valence-electron chi connectivity index (χ4n) is 2.36. The number of rotatable bonds is 3. The number of carbonyl (C=O) groups excluding carboxylic acids is 1. The maximum absolute atomic E-state index is 12.2. The van der Waals surface area contributed by atoms with Crippen LogP contribution >= 0.6 is 15.9 Å². The van der Waals surface area contributed by atoms with Crippen molar-refractivity contribution in [3.63, 3.8) is 0 Å². The van der Waals surface area contributed by atoms with Crippen LogP contribution in [-0.2, 0) is 4.79 Å². The topological polar surface area (TPSA) is 54.3 Å². The number of ether oxygens (including phenoxy) is 1. The molecular weight excluding hydrogens is 358 g/mol. The van der Waals surface area contributed by atoms with Gasteiger partial charge < -0.3 is 9.64 Å². The molecular formula is C17H14BrN3O2. The van der Waals surface area contributed by atoms with Crippen LogP contribution in [0.15, 0.2) is 57.1 Å². The Bertz CT molecular complexity index is 830. The molecule has 23 heavy (non-hydrogen) atoms. The van der Waals surface area contributed by atoms with Crippen LogP contribution in [0.1, 0.15) is 11.1 Å². The molecule has 0 saturated heterocycles. The Hall–Kier alpha value is -2.47. The van der Waals surface area contributed by atoms with E-state index in [2.05, 4.69) is 26.1 Å². The van der Waals surface area contributed by atoms with Gasteiger partial charge in [-0.25, -0.2) is 0 Å². The normalized spacial score (nSPS) is 15.5. The average Bonchev–Trinajstić information content (AvgIpc) is 2.80. The summed E-state index contributed by atoms with van der Waals surface area (Å²) in [6.45, 7) is 0. The number of para-hydroxylation sites is 1. The number of hydrogen-bond donors (Lipinski definition) is 0. The van der Waals surface area contributed by atoms with E-state index >= 15 is 0 Å². The van der Waals surface area contributed by atoms with Gasteiger partial charge in [-0.3, -0.25) is 4.79 Å². The molecule has 0 N–H and O–H groups in total. The molecule has 3 rings (SSSR count). The highest BCUT2D eigenvalue weighted by Crippen LogP contribution is 2.28. The largest absolute Gasteiger partial charge is 0.496 e. The number of anilines is 1. The lowest BCUT2D eigenvalue weighted by atomic mass is 10.1. The van der Waals surface area contributed by atoms with E-state index in [1.807, 2.05) is 42.5 Å². The molecule has 5 nitrogen and oxygen atoms in total. The van der Waals surface area contributed by atoms with E-state index in [1.165, 1.54) is 0 Å². The van der Waals surface area contributed by atoms with E-state index < -0.39 is 0 Å². The number of hydrogen-bond acceptors (Lipinski definition) is 4. The molecule has 6 heteroatoms. The predicted octanol–water partition coefficient (Wildman–Crippen LogP) is 3.26. The molecule has 0 unspecified atom stereocenters. The van der Waals surface area contributed by atoms with E-state index in [4.69, 9.17) is 4.74 Å². The van der Waals surface area contributed by atoms with Crippen molar-refractivity contribution < 1.29 is 9.53 Å². The van der Waals surface area contributed by atoms with Crippen LogP contribution in [0.3, 0.4) is 0 Å². The van der Waals surface area contributed by atoms with E-state index in [0.29, 0.717) is 5.71 Å². The SMILES string of the molecule is COc1ccc(/C=N\N=C2/C(=O)N(C)c3ccccc32)cc1Br. The summed E-state index contributed by atoms with van der Waals surface area (Å²) in [4.78, 5) is 13.8. The zero-order valence-electron chi connectivity index (χ0n) is 12.7. The van der Waals surface area contributed by atoms with Crippen LogP contribution < -0.4 is 9.64 Å². The third-order valence-electron chi connectivity index (χ3n) is 3.57. The third kappa shape index (κ3) is 2.90. The summed E-state index contributed by atoms with van der Waals surface area (Å²) in [6, 6.07) is 13.1. The van der Waals surface area contributed by atoms with Crippen molar-refractivity contribution in [1.82, 2.24) is 0 Å². The predicted molar refractivity (Wildman–Crippen MR) is 94.7 cm³/mol. The Morgan fingerprint density at radius 3 is 2.74 bits per heavy atom. The smallest absolute Gasteiger partial charge is 0.279 e. The van der Waals surface area contributed by atoms with Gasteiger partial charge in [0.1, 0.15) is 5.75 Å². The molecule has 1 amide bonds. The Labute approximate surface area is 142 Å². The van der Waals surface area contributed by atoms with Gasteiger partial charge in [-0.1, -0.05) is 18.2 Å². The van der Waals surface area contributed by atoms with Gasteiger partial charge in [0, 0.05) is 12.6 Å². The van der Waals surface area contributed by atoms with Gasteiger partial charge in [0.15, 0.2) is 5.71 Å². The van der Waals surface area contributed by atoms with Gasteiger partial charge in [-0.05, 0) is 45.8 Å². The summed E-state index contributed by atoms with van der Waals surface area (Å²) in [7, 11) is 3.34. The molecule has 1 aliphatic heterocycles. The summed E-state index contributed by atoms with van der Waals surface area (Å²) in [5.41, 5.74) is 2.85. The Balaban J connectivity index is 1.88. The minimum atomic E-state index is -0.153. The molecule has 0 aliphatic carbocycles. The minimum absolute atomic E-state index is 0.153. The highest BCUT2D eigenvalue weighted by molar-refractivity contribution is 9.10. The molecule has 0 radical (unpaired) electrons. The van der Waals surface area contributed by atoms with Crippen molar-refractivity contribution in [3.8, 4) is 5.75 Å². The first-order valence-corrected chi connectivity index (χ1v) is 7.73. The van der Waals surface area contributed by atoms with Crippen molar-refractivity contribution in [3.05, 3.63) is 58.1 Å². The second-order valence-electron chi connectivity index (χ2n) is 4.97. The maximum Gasteiger partial charge on any atom is 0.279 e. The molecule has 0 saturated carbocycles. The zero-order valence-corrected chi connectivity index (χ0v) is 14.2. The summed E-state index contributed by atoms with van der Waals surface area (Å²) in [5.74, 6) is 0.592. The molecule has 0 bridgehead atoms. The number of methoxy groups -OCH3 is 1. The van der Waals surface area contributed by atoms with Crippen molar-refractivity contribution in [2.45, 2.75) is 0 Å². The molecule has 0 atom stereocenters. The van der Waals surface area contributed by atoms with Crippen LogP contribution in [0.4, 0.5) is 5.69 Å². The van der Waals surface area contributed by atoms with Gasteiger partial charge in [-0.15, -0.1) is 5.10 Å². The average molecular weight is 372 g/mol. The first-order valence-electron chi connectivity index (χ1n) is 6.94. The lowest BCUT2D eigenvalue weighted by Gasteiger charge is -2.07. The molecule has 0 aromatic heterocycles. The van der Waals surface area contributed by atoms with E-state index in [-0.39, 0.29) is 5.91 Å². The Kier molecular flexibility index (Phi) is 4.25. The first-order chi connectivity index (χ1) is 11.1. The molecule has 116 valence electrons. The molecule has 2 aromatic carbocycles. The fraction of sp³-hybridized carbons (Fsp3) is 0.118. The van der Waals surface area contributed by atoms with Gasteiger partial charge in [0.05, 0.1) is 23.5 Å². The third-order valence-corrected chi connectivity index (χ3v) is 4.19. The van der Waals surface area contributed by atoms with Crippen molar-refractivity contribution in [2.24, 2.45) is 10.2 Å². The molecule has 2 aromatic rings. The number of nitrogens with zero attached hydrogens (tertiary/aromatic N) is 3. The lowest BCUT2D eigenvalue weighted by molar-refractivity contribution is -0.111. The zero-order chi connectivity index (χ0) is 16.4. The number of benzene rings is 2. The summed E-state index contributed by atoms with van der Waals surface area (Å²) < 4.78 is 6.01. The molecule has 0 spiro atoms. The van der Waals surface area contributed by atoms with Crippen LogP contribution in [0.25, 0.3) is 0 Å². The Morgan fingerprint density at radius 1 is 1.22 bits per heavy atom. The van der Waals surface area contributed by atoms with Crippen LogP contribution in [0.2, 0.25) is 0 Å². The monoisotopic (exact) mass is 371 g/mol. The van der Waals surface area contributed by atoms with Crippen LogP contribution in [0.5, 0.6) is 5.75 Å². The number of halogens is 1. The summed E-state index contributed by atoms with van der Waals surface area (Å²) >= 11 is 3.42. The standard InChI is InChI=1S/C17H14BrN3O2/c1-21-14-6-4-3-5-12(14)16(17(21)22)20-19-10-11-7-8-15(23-2)13(18)9-11/h3-10H,1-2H3/b19-10-,20-16-. The quantitative estimate of drug-likeness (QED) is 0.614. The number of fused-ring (bicyclic) bond motifs is 1. The van der Waals surface area contributed by atoms with Gasteiger partial charge in [0.25, 0.3) is 5.91 Å². The van der Waals surface area contributed by atoms with E-state index in [1.54, 1.807) is 25.3 Å². The second kappa shape index (κ2) is 6.34. The van der Waals surface area contributed by atoms with E-state index in [9.17, 15) is 4.79 Å². The van der Waals surface area contributed by atoms with Crippen molar-refractivity contribution in [2.75, 3.05) is 19.1 Å². The lowest BCUT2D eigenvalue weighted by Crippen LogP contribution is -2.25. The van der Waals surface area contributed by atoms with Crippen molar-refractivity contribution in [1.29, 1.82) is 0 Å². The molecule has 1 heterocycles. The number of likely N-dealkylation sites (N-methyl/N-ethyl adjacent to an activating group) is 1. The molecule has 0 fully saturated rings. The van der Waals surface area contributed by atoms with Gasteiger partial charge in [-0.2, -0.15) is 5.10 Å². The summed E-state index contributed by atoms with van der Waals surface area (Å²) in [6.07, 6.45) is 1.60. The summed E-state index contributed by atoms with van der Waals surface area (Å²) in [5, 5.41) is 8.17. The first kappa shape index (κ1) is 15.4. The van der Waals surface area contributed by atoms with Gasteiger partial charge >= 0.3 is 0 Å². The van der Waals surface area contributed by atoms with E-state index in [0.717, 1.165) is 27.0 Å². The highest BCUT2D eigenvalue weighted by atomic mass is 79.9. The van der Waals surface area contributed by atoms with Crippen LogP contribution in [-0.4, -0.2) is 32.0 Å². The van der Waals surface area contributed by atoms with Gasteiger partial charge in [0.2, 0.25) is 0 Å². The fourth-order valence-corrected chi connectivity index (χ4v) is 2.92. The second-order valence-corrected chi connectivity index (χ2v) is 5.82. The maximum atomic E-state index is 12.2. The molecule has 1 aliphatic rings. The number of carbonyl (C=O) groups is 1. The Morgan fingerprint density at radius 2 is 2.00 bits per heavy atom. The highest BCUT2D eigenvalue weighted by Gasteiger charge is 2.30. The van der Waals surface area contributed by atoms with Crippen LogP contribution in [0, 0.1) is 0 Å².